The molecule has 0 aliphatic carbocycles. The average molecular weight is 284 g/mol. The van der Waals surface area contributed by atoms with E-state index in [0.717, 1.165) is 12.8 Å². The van der Waals surface area contributed by atoms with Crippen LogP contribution in [0.5, 0.6) is 0 Å². The van der Waals surface area contributed by atoms with E-state index in [1.807, 2.05) is 18.2 Å². The molecule has 6 nitrogen and oxygen atoms in total. The Balaban J connectivity index is 1.47. The van der Waals surface area contributed by atoms with Crippen LogP contribution in [0.3, 0.4) is 0 Å². The first-order valence-electron chi connectivity index (χ1n) is 7.24. The molecular formula is C15H16N4O2. The van der Waals surface area contributed by atoms with Crippen LogP contribution in [0.25, 0.3) is 11.5 Å². The van der Waals surface area contributed by atoms with Crippen molar-refractivity contribution >= 4 is 5.91 Å². The lowest BCUT2D eigenvalue weighted by Crippen LogP contribution is -2.43. The third kappa shape index (κ3) is 2.31. The van der Waals surface area contributed by atoms with Crippen LogP contribution in [0.15, 0.2) is 35.0 Å². The summed E-state index contributed by atoms with van der Waals surface area (Å²) in [6.45, 7) is 0. The zero-order valence-corrected chi connectivity index (χ0v) is 11.5. The van der Waals surface area contributed by atoms with Crippen molar-refractivity contribution in [2.45, 2.75) is 37.4 Å². The number of amides is 1. The highest BCUT2D eigenvalue weighted by Crippen LogP contribution is 2.28. The maximum Gasteiger partial charge on any atom is 0.307 e. The Hall–Kier alpha value is -2.21. The summed E-state index contributed by atoms with van der Waals surface area (Å²) >= 11 is 0. The Kier molecular flexibility index (Phi) is 2.96. The minimum atomic E-state index is -0.253. The second-order valence-corrected chi connectivity index (χ2v) is 5.61. The molecule has 2 aliphatic rings. The smallest absolute Gasteiger partial charge is 0.307 e. The van der Waals surface area contributed by atoms with Gasteiger partial charge in [0.2, 0.25) is 0 Å². The van der Waals surface area contributed by atoms with E-state index in [1.54, 1.807) is 6.20 Å². The standard InChI is InChI=1S/C15H16N4O2/c20-14(19-12-7-9-4-5-10(12)18-9)15-17-8-13(21-15)11-3-1-2-6-16-11/h1-3,6,8-10,12,18H,4-5,7H2,(H,19,20). The molecule has 2 aromatic rings. The molecule has 2 N–H and O–H groups in total. The van der Waals surface area contributed by atoms with Crippen LogP contribution in [-0.4, -0.2) is 34.0 Å². The molecule has 21 heavy (non-hydrogen) atoms. The molecule has 2 aromatic heterocycles. The van der Waals surface area contributed by atoms with Crippen molar-refractivity contribution < 1.29 is 9.21 Å². The predicted molar refractivity (Wildman–Crippen MR) is 75.6 cm³/mol. The van der Waals surface area contributed by atoms with Crippen molar-refractivity contribution in [2.24, 2.45) is 0 Å². The Morgan fingerprint density at radius 2 is 2.29 bits per heavy atom. The first kappa shape index (κ1) is 12.5. The predicted octanol–water partition coefficient (Wildman–Crippen LogP) is 1.36. The van der Waals surface area contributed by atoms with Crippen molar-refractivity contribution in [3.8, 4) is 11.5 Å². The number of carbonyl (C=O) groups is 1. The summed E-state index contributed by atoms with van der Waals surface area (Å²) in [6.07, 6.45) is 6.54. The van der Waals surface area contributed by atoms with Gasteiger partial charge in [-0.3, -0.25) is 9.78 Å². The average Bonchev–Trinajstić information content (AvgIpc) is 3.24. The molecular weight excluding hydrogens is 268 g/mol. The molecule has 0 aromatic carbocycles. The highest BCUT2D eigenvalue weighted by Gasteiger charge is 2.40. The number of nitrogens with one attached hydrogen (secondary N) is 2. The fraction of sp³-hybridized carbons (Fsp3) is 0.400. The molecule has 2 bridgehead atoms. The molecule has 3 unspecified atom stereocenters. The summed E-state index contributed by atoms with van der Waals surface area (Å²) in [7, 11) is 0. The van der Waals surface area contributed by atoms with E-state index >= 15 is 0 Å². The largest absolute Gasteiger partial charge is 0.431 e. The van der Waals surface area contributed by atoms with Gasteiger partial charge in [0.1, 0.15) is 5.69 Å². The van der Waals surface area contributed by atoms with Gasteiger partial charge in [0.05, 0.1) is 6.20 Å². The molecule has 4 rings (SSSR count). The number of nitrogens with zero attached hydrogens (tertiary/aromatic N) is 2. The second-order valence-electron chi connectivity index (χ2n) is 5.61. The van der Waals surface area contributed by atoms with Gasteiger partial charge in [-0.15, -0.1) is 0 Å². The van der Waals surface area contributed by atoms with Gasteiger partial charge in [-0.25, -0.2) is 4.98 Å². The molecule has 0 saturated carbocycles. The summed E-state index contributed by atoms with van der Waals surface area (Å²) in [5, 5.41) is 6.50. The number of rotatable bonds is 3. The van der Waals surface area contributed by atoms with Crippen LogP contribution in [0.4, 0.5) is 0 Å². The fourth-order valence-electron chi connectivity index (χ4n) is 3.22. The van der Waals surface area contributed by atoms with Crippen molar-refractivity contribution in [3.05, 3.63) is 36.5 Å². The number of aromatic nitrogens is 2. The van der Waals surface area contributed by atoms with E-state index in [9.17, 15) is 4.79 Å². The molecule has 2 aliphatic heterocycles. The van der Waals surface area contributed by atoms with E-state index in [-0.39, 0.29) is 17.8 Å². The number of carbonyl (C=O) groups excluding carboxylic acids is 1. The molecule has 2 saturated heterocycles. The van der Waals surface area contributed by atoms with E-state index in [0.29, 0.717) is 23.5 Å². The first-order chi connectivity index (χ1) is 10.3. The SMILES string of the molecule is O=C(NC1CC2CCC1N2)c1ncc(-c2ccccn2)o1. The van der Waals surface area contributed by atoms with Gasteiger partial charge in [0.15, 0.2) is 5.76 Å². The van der Waals surface area contributed by atoms with E-state index < -0.39 is 0 Å². The quantitative estimate of drug-likeness (QED) is 0.889. The van der Waals surface area contributed by atoms with E-state index in [4.69, 9.17) is 4.42 Å². The Morgan fingerprint density at radius 3 is 3.00 bits per heavy atom. The van der Waals surface area contributed by atoms with Gasteiger partial charge in [0, 0.05) is 24.3 Å². The zero-order chi connectivity index (χ0) is 14.2. The Labute approximate surface area is 122 Å². The van der Waals surface area contributed by atoms with Gasteiger partial charge in [-0.2, -0.15) is 0 Å². The van der Waals surface area contributed by atoms with Crippen LogP contribution >= 0.6 is 0 Å². The molecule has 1 amide bonds. The summed E-state index contributed by atoms with van der Waals surface area (Å²) in [6, 6.07) is 6.64. The third-order valence-corrected chi connectivity index (χ3v) is 4.23. The van der Waals surface area contributed by atoms with Gasteiger partial charge < -0.3 is 15.1 Å². The summed E-state index contributed by atoms with van der Waals surface area (Å²) < 4.78 is 5.52. The van der Waals surface area contributed by atoms with Crippen molar-refractivity contribution in [3.63, 3.8) is 0 Å². The second kappa shape index (κ2) is 4.96. The van der Waals surface area contributed by atoms with Gasteiger partial charge in [0.25, 0.3) is 5.89 Å². The lowest BCUT2D eigenvalue weighted by atomic mass is 9.95. The summed E-state index contributed by atoms with van der Waals surface area (Å²) in [4.78, 5) is 20.4. The Morgan fingerprint density at radius 1 is 1.33 bits per heavy atom. The number of fused-ring (bicyclic) bond motifs is 2. The first-order valence-corrected chi connectivity index (χ1v) is 7.24. The van der Waals surface area contributed by atoms with E-state index in [2.05, 4.69) is 20.6 Å². The third-order valence-electron chi connectivity index (χ3n) is 4.23. The van der Waals surface area contributed by atoms with Crippen LogP contribution in [-0.2, 0) is 0 Å². The van der Waals surface area contributed by atoms with Crippen LogP contribution in [0, 0.1) is 0 Å². The highest BCUT2D eigenvalue weighted by atomic mass is 16.4. The zero-order valence-electron chi connectivity index (χ0n) is 11.5. The van der Waals surface area contributed by atoms with Crippen LogP contribution < -0.4 is 10.6 Å². The fourth-order valence-corrected chi connectivity index (χ4v) is 3.22. The molecule has 4 heterocycles. The maximum atomic E-state index is 12.2. The summed E-state index contributed by atoms with van der Waals surface area (Å²) in [5.41, 5.74) is 0.672. The molecule has 0 radical (unpaired) electrons. The van der Waals surface area contributed by atoms with Gasteiger partial charge in [-0.05, 0) is 31.4 Å². The molecule has 108 valence electrons. The van der Waals surface area contributed by atoms with Crippen LogP contribution in [0.1, 0.15) is 29.9 Å². The van der Waals surface area contributed by atoms with E-state index in [1.165, 1.54) is 12.6 Å². The number of hydrogen-bond acceptors (Lipinski definition) is 5. The van der Waals surface area contributed by atoms with Crippen molar-refractivity contribution in [1.82, 2.24) is 20.6 Å². The summed E-state index contributed by atoms with van der Waals surface area (Å²) in [5.74, 6) is 0.349. The number of oxazole rings is 1. The maximum absolute atomic E-state index is 12.2. The van der Waals surface area contributed by atoms with Crippen molar-refractivity contribution in [1.29, 1.82) is 0 Å². The Bertz CT molecular complexity index is 655. The highest BCUT2D eigenvalue weighted by molar-refractivity contribution is 5.90. The lowest BCUT2D eigenvalue weighted by molar-refractivity contribution is 0.0896. The molecule has 2 fully saturated rings. The number of hydrogen-bond donors (Lipinski definition) is 2. The molecule has 3 atom stereocenters. The minimum Gasteiger partial charge on any atom is -0.431 e. The van der Waals surface area contributed by atoms with Crippen molar-refractivity contribution in [2.75, 3.05) is 0 Å². The van der Waals surface area contributed by atoms with Crippen LogP contribution in [0.2, 0.25) is 0 Å². The topological polar surface area (TPSA) is 80.0 Å². The normalized spacial score (nSPS) is 27.0. The molecule has 6 heteroatoms. The van der Waals surface area contributed by atoms with Gasteiger partial charge >= 0.3 is 5.91 Å². The van der Waals surface area contributed by atoms with Gasteiger partial charge in [-0.1, -0.05) is 6.07 Å². The monoisotopic (exact) mass is 284 g/mol. The lowest BCUT2D eigenvalue weighted by Gasteiger charge is -2.20. The molecule has 0 spiro atoms. The minimum absolute atomic E-state index is 0.0958. The number of pyridine rings is 1.